The number of benzene rings is 9. The Morgan fingerprint density at radius 2 is 0.982 bits per heavy atom. The quantitative estimate of drug-likeness (QED) is 0.167. The van der Waals surface area contributed by atoms with E-state index >= 15 is 0 Å². The molecule has 2 aliphatic rings. The molecule has 0 amide bonds. The first-order chi connectivity index (χ1) is 28.3. The van der Waals surface area contributed by atoms with E-state index in [1.54, 1.807) is 0 Å². The molecule has 0 saturated heterocycles. The summed E-state index contributed by atoms with van der Waals surface area (Å²) >= 11 is 0. The molecule has 1 nitrogen and oxygen atoms in total. The molecule has 57 heavy (non-hydrogen) atoms. The van der Waals surface area contributed by atoms with Crippen LogP contribution >= 0.6 is 0 Å². The van der Waals surface area contributed by atoms with E-state index in [1.807, 2.05) is 0 Å². The highest BCUT2D eigenvalue weighted by Crippen LogP contribution is 2.50. The lowest BCUT2D eigenvalue weighted by Gasteiger charge is -2.15. The summed E-state index contributed by atoms with van der Waals surface area (Å²) in [7, 11) is 0. The maximum atomic E-state index is 2.52. The van der Waals surface area contributed by atoms with Crippen molar-refractivity contribution in [3.8, 4) is 61.3 Å². The van der Waals surface area contributed by atoms with E-state index < -0.39 is 0 Å². The van der Waals surface area contributed by atoms with Crippen LogP contribution in [0, 0.1) is 0 Å². The molecule has 0 saturated carbocycles. The number of nitrogens with zero attached hydrogens (tertiary/aromatic N) is 1. The molecule has 9 aromatic carbocycles. The first-order valence-electron chi connectivity index (χ1n) is 20.0. The van der Waals surface area contributed by atoms with Crippen molar-refractivity contribution in [2.45, 2.75) is 12.3 Å². The zero-order valence-corrected chi connectivity index (χ0v) is 31.4. The van der Waals surface area contributed by atoms with Crippen molar-refractivity contribution in [3.05, 3.63) is 234 Å². The molecule has 2 aliphatic carbocycles. The third-order valence-electron chi connectivity index (χ3n) is 12.5. The molecule has 0 N–H and O–H groups in total. The van der Waals surface area contributed by atoms with Crippen molar-refractivity contribution in [2.75, 3.05) is 0 Å². The van der Waals surface area contributed by atoms with E-state index in [-0.39, 0.29) is 5.92 Å². The Balaban J connectivity index is 1.02. The Kier molecular flexibility index (Phi) is 7.12. The summed E-state index contributed by atoms with van der Waals surface area (Å²) < 4.78 is 2.52. The molecule has 10 aromatic rings. The van der Waals surface area contributed by atoms with Crippen LogP contribution in [-0.2, 0) is 6.42 Å². The second-order valence-electron chi connectivity index (χ2n) is 15.6. The number of hydrogen-bond acceptors (Lipinski definition) is 0. The molecule has 0 radical (unpaired) electrons. The van der Waals surface area contributed by atoms with Crippen molar-refractivity contribution in [2.24, 2.45) is 0 Å². The van der Waals surface area contributed by atoms with Gasteiger partial charge in [0.15, 0.2) is 0 Å². The molecular weight excluding hydrogens is 687 g/mol. The van der Waals surface area contributed by atoms with Crippen LogP contribution in [0.15, 0.2) is 206 Å². The maximum absolute atomic E-state index is 2.52. The van der Waals surface area contributed by atoms with Gasteiger partial charge in [0.2, 0.25) is 0 Å². The predicted molar refractivity (Wildman–Crippen MR) is 238 cm³/mol. The van der Waals surface area contributed by atoms with Crippen LogP contribution in [0.25, 0.3) is 83.1 Å². The van der Waals surface area contributed by atoms with Crippen LogP contribution in [0.5, 0.6) is 0 Å². The minimum absolute atomic E-state index is 0.201. The monoisotopic (exact) mass is 723 g/mol. The van der Waals surface area contributed by atoms with Gasteiger partial charge in [0.1, 0.15) is 0 Å². The Bertz CT molecular complexity index is 3190. The fraction of sp³-hybridized carbons (Fsp3) is 0.0357. The molecule has 0 bridgehead atoms. The molecule has 1 aromatic heterocycles. The summed E-state index contributed by atoms with van der Waals surface area (Å²) in [5.41, 5.74) is 23.4. The van der Waals surface area contributed by atoms with E-state index in [1.165, 1.54) is 111 Å². The van der Waals surface area contributed by atoms with Gasteiger partial charge in [-0.05, 0) is 115 Å². The zero-order chi connectivity index (χ0) is 37.5. The summed E-state index contributed by atoms with van der Waals surface area (Å²) in [6.07, 6.45) is 0.965. The fourth-order valence-electron chi connectivity index (χ4n) is 9.86. The molecule has 1 atom stereocenters. The smallest absolute Gasteiger partial charge is 0.0622 e. The van der Waals surface area contributed by atoms with Gasteiger partial charge in [-0.2, -0.15) is 0 Å². The number of aromatic nitrogens is 1. The summed E-state index contributed by atoms with van der Waals surface area (Å²) in [5, 5.41) is 2.56. The largest absolute Gasteiger partial charge is 0.309 e. The molecule has 0 aliphatic heterocycles. The second-order valence-corrected chi connectivity index (χ2v) is 15.6. The average Bonchev–Trinajstić information content (AvgIpc) is 3.94. The van der Waals surface area contributed by atoms with Gasteiger partial charge in [0, 0.05) is 27.9 Å². The molecule has 0 fully saturated rings. The highest BCUT2D eigenvalue weighted by molar-refractivity contribution is 6.16. The van der Waals surface area contributed by atoms with Crippen molar-refractivity contribution in [1.82, 2.24) is 4.57 Å². The Labute approximate surface area is 332 Å². The second kappa shape index (κ2) is 12.7. The minimum atomic E-state index is 0.201. The van der Waals surface area contributed by atoms with Gasteiger partial charge in [0.05, 0.1) is 11.0 Å². The third-order valence-corrected chi connectivity index (χ3v) is 12.5. The molecule has 1 unspecified atom stereocenters. The Morgan fingerprint density at radius 3 is 1.81 bits per heavy atom. The first-order valence-corrected chi connectivity index (χ1v) is 20.0. The summed E-state index contributed by atoms with van der Waals surface area (Å²) in [6, 6.07) is 76.6. The number of hydrogen-bond donors (Lipinski definition) is 0. The van der Waals surface area contributed by atoms with Crippen LogP contribution < -0.4 is 0 Å². The van der Waals surface area contributed by atoms with E-state index in [0.717, 1.165) is 6.42 Å². The molecule has 0 spiro atoms. The molecule has 266 valence electrons. The van der Waals surface area contributed by atoms with Gasteiger partial charge >= 0.3 is 0 Å². The predicted octanol–water partition coefficient (Wildman–Crippen LogP) is 14.5. The fourth-order valence-corrected chi connectivity index (χ4v) is 9.86. The third kappa shape index (κ3) is 5.02. The van der Waals surface area contributed by atoms with E-state index in [0.29, 0.717) is 0 Å². The van der Waals surface area contributed by atoms with Gasteiger partial charge in [0.25, 0.3) is 0 Å². The van der Waals surface area contributed by atoms with Crippen LogP contribution in [-0.4, -0.2) is 4.57 Å². The van der Waals surface area contributed by atoms with Crippen LogP contribution in [0.2, 0.25) is 0 Å². The van der Waals surface area contributed by atoms with Gasteiger partial charge in [-0.25, -0.2) is 0 Å². The maximum Gasteiger partial charge on any atom is 0.0622 e. The highest BCUT2D eigenvalue weighted by Gasteiger charge is 2.30. The minimum Gasteiger partial charge on any atom is -0.309 e. The van der Waals surface area contributed by atoms with Gasteiger partial charge in [-0.3, -0.25) is 0 Å². The topological polar surface area (TPSA) is 4.93 Å². The first kappa shape index (κ1) is 32.1. The lowest BCUT2D eigenvalue weighted by molar-refractivity contribution is 1.02. The van der Waals surface area contributed by atoms with Crippen molar-refractivity contribution >= 4 is 21.8 Å². The summed E-state index contributed by atoms with van der Waals surface area (Å²) in [5.74, 6) is 0.201. The zero-order valence-electron chi connectivity index (χ0n) is 31.4. The lowest BCUT2D eigenvalue weighted by atomic mass is 9.88. The van der Waals surface area contributed by atoms with Crippen molar-refractivity contribution in [3.63, 3.8) is 0 Å². The highest BCUT2D eigenvalue weighted by atomic mass is 15.0. The standard InChI is InChI=1S/C56H37N/c1-3-12-36(13-4-1)38-22-24-39(25-23-38)54-48-21-10-9-20-47(48)51-34-41(26-29-49(51)54)42-28-31-53-52(35-42)50-30-27-44-32-43-16-7-8-19-46(43)55(44)56(50)57(53)45-18-11-17-40(33-45)37-14-5-2-6-15-37/h1-31,33-35,54H,32H2. The van der Waals surface area contributed by atoms with E-state index in [2.05, 4.69) is 211 Å². The molecular formula is C56H37N. The molecule has 1 heteroatoms. The van der Waals surface area contributed by atoms with Crippen molar-refractivity contribution in [1.29, 1.82) is 0 Å². The normalized spacial score (nSPS) is 13.7. The van der Waals surface area contributed by atoms with Crippen LogP contribution in [0.1, 0.15) is 33.7 Å². The van der Waals surface area contributed by atoms with Crippen LogP contribution in [0.4, 0.5) is 0 Å². The average molecular weight is 724 g/mol. The van der Waals surface area contributed by atoms with Crippen molar-refractivity contribution < 1.29 is 0 Å². The molecule has 12 rings (SSSR count). The lowest BCUT2D eigenvalue weighted by Crippen LogP contribution is -1.99. The SMILES string of the molecule is c1ccc(-c2ccc(C3c4ccccc4-c4cc(-c5ccc6c(c5)c5ccc7c(c5n6-c5cccc(-c6ccccc6)c5)-c5ccccc5C7)ccc43)cc2)cc1. The number of rotatable bonds is 5. The van der Waals surface area contributed by atoms with E-state index in [9.17, 15) is 0 Å². The van der Waals surface area contributed by atoms with Crippen LogP contribution in [0.3, 0.4) is 0 Å². The van der Waals surface area contributed by atoms with Gasteiger partial charge in [-0.15, -0.1) is 0 Å². The summed E-state index contributed by atoms with van der Waals surface area (Å²) in [4.78, 5) is 0. The van der Waals surface area contributed by atoms with E-state index in [4.69, 9.17) is 0 Å². The Morgan fingerprint density at radius 1 is 0.368 bits per heavy atom. The molecule has 1 heterocycles. The van der Waals surface area contributed by atoms with Gasteiger partial charge < -0.3 is 4.57 Å². The Hall–Kier alpha value is -7.22. The van der Waals surface area contributed by atoms with Gasteiger partial charge in [-0.1, -0.05) is 176 Å². The number of fused-ring (bicyclic) bond motifs is 10. The summed E-state index contributed by atoms with van der Waals surface area (Å²) in [6.45, 7) is 0.